The highest BCUT2D eigenvalue weighted by atomic mass is 16.5. The van der Waals surface area contributed by atoms with Crippen LogP contribution in [0.5, 0.6) is 5.75 Å². The lowest BCUT2D eigenvalue weighted by Crippen LogP contribution is -2.44. The van der Waals surface area contributed by atoms with E-state index in [0.717, 1.165) is 55.8 Å². The number of carbonyl (C=O) groups is 2. The fourth-order valence-corrected chi connectivity index (χ4v) is 5.53. The second kappa shape index (κ2) is 15.7. The lowest BCUT2D eigenvalue weighted by atomic mass is 9.99. The summed E-state index contributed by atoms with van der Waals surface area (Å²) in [5.74, 6) is 2.34. The summed E-state index contributed by atoms with van der Waals surface area (Å²) in [4.78, 5) is 44.2. The van der Waals surface area contributed by atoms with Crippen LogP contribution in [0.4, 0.5) is 11.4 Å². The van der Waals surface area contributed by atoms with E-state index in [1.54, 1.807) is 42.3 Å². The SMILES string of the molecule is CN1CCN(C(=C=O)CCCCOc2ccccc2N(C)C(=O)c2ccc(NC(=O)c3ccccc3-c3ccccc3)cc2)CC1. The number of carbonyl (C=O) groups excluding carboxylic acids is 3. The average molecular weight is 617 g/mol. The molecule has 236 valence electrons. The molecule has 1 aliphatic rings. The predicted octanol–water partition coefficient (Wildman–Crippen LogP) is 6.39. The number of unbranched alkanes of at least 4 members (excludes halogenated alkanes) is 1. The van der Waals surface area contributed by atoms with E-state index in [1.807, 2.05) is 72.8 Å². The van der Waals surface area contributed by atoms with Crippen LogP contribution in [0.2, 0.25) is 0 Å². The highest BCUT2D eigenvalue weighted by Crippen LogP contribution is 2.29. The largest absolute Gasteiger partial charge is 0.491 e. The fourth-order valence-electron chi connectivity index (χ4n) is 5.53. The summed E-state index contributed by atoms with van der Waals surface area (Å²) in [7, 11) is 3.81. The quantitative estimate of drug-likeness (QED) is 0.147. The third kappa shape index (κ3) is 8.10. The van der Waals surface area contributed by atoms with Crippen LogP contribution in [0.15, 0.2) is 109 Å². The van der Waals surface area contributed by atoms with E-state index < -0.39 is 0 Å². The Bertz CT molecular complexity index is 1670. The molecule has 0 spiro atoms. The molecular weight excluding hydrogens is 576 g/mol. The predicted molar refractivity (Wildman–Crippen MR) is 183 cm³/mol. The van der Waals surface area contributed by atoms with Gasteiger partial charge >= 0.3 is 0 Å². The number of nitrogens with zero attached hydrogens (tertiary/aromatic N) is 3. The van der Waals surface area contributed by atoms with Gasteiger partial charge < -0.3 is 24.8 Å². The molecule has 1 fully saturated rings. The fraction of sp³-hybridized carbons (Fsp3) is 0.263. The minimum atomic E-state index is -0.223. The summed E-state index contributed by atoms with van der Waals surface area (Å²) >= 11 is 0. The molecule has 8 nitrogen and oxygen atoms in total. The van der Waals surface area contributed by atoms with Crippen LogP contribution in [0.25, 0.3) is 11.1 Å². The smallest absolute Gasteiger partial charge is 0.258 e. The number of para-hydroxylation sites is 2. The Morgan fingerprint density at radius 2 is 1.50 bits per heavy atom. The lowest BCUT2D eigenvalue weighted by Gasteiger charge is -2.34. The van der Waals surface area contributed by atoms with Gasteiger partial charge in [0, 0.05) is 50.0 Å². The van der Waals surface area contributed by atoms with Crippen molar-refractivity contribution in [2.75, 3.05) is 57.1 Å². The number of amides is 2. The van der Waals surface area contributed by atoms with E-state index in [4.69, 9.17) is 4.74 Å². The molecule has 1 saturated heterocycles. The van der Waals surface area contributed by atoms with Gasteiger partial charge in [-0.3, -0.25) is 9.59 Å². The Hall–Kier alpha value is -5.17. The molecule has 8 heteroatoms. The van der Waals surface area contributed by atoms with E-state index in [2.05, 4.69) is 28.1 Å². The molecule has 4 aromatic rings. The van der Waals surface area contributed by atoms with E-state index in [0.29, 0.717) is 41.3 Å². The molecule has 0 aromatic heterocycles. The monoisotopic (exact) mass is 616 g/mol. The van der Waals surface area contributed by atoms with E-state index in [-0.39, 0.29) is 11.8 Å². The Labute approximate surface area is 270 Å². The van der Waals surface area contributed by atoms with Crippen molar-refractivity contribution in [2.24, 2.45) is 0 Å². The van der Waals surface area contributed by atoms with E-state index >= 15 is 0 Å². The van der Waals surface area contributed by atoms with Gasteiger partial charge in [-0.25, -0.2) is 4.79 Å². The second-order valence-corrected chi connectivity index (χ2v) is 11.4. The second-order valence-electron chi connectivity index (χ2n) is 11.4. The van der Waals surface area contributed by atoms with Crippen LogP contribution in [-0.4, -0.2) is 74.4 Å². The molecule has 1 aliphatic heterocycles. The highest BCUT2D eigenvalue weighted by Gasteiger charge is 2.19. The number of piperazine rings is 1. The van der Waals surface area contributed by atoms with E-state index in [1.165, 1.54) is 0 Å². The Kier molecular flexibility index (Phi) is 11.0. The third-order valence-corrected chi connectivity index (χ3v) is 8.25. The van der Waals surface area contributed by atoms with Crippen LogP contribution in [0.1, 0.15) is 40.0 Å². The number of hydrogen-bond donors (Lipinski definition) is 1. The Morgan fingerprint density at radius 3 is 2.24 bits per heavy atom. The topological polar surface area (TPSA) is 82.2 Å². The number of ether oxygens (including phenoxy) is 1. The summed E-state index contributed by atoms with van der Waals surface area (Å²) in [5, 5.41) is 2.96. The summed E-state index contributed by atoms with van der Waals surface area (Å²) < 4.78 is 6.10. The molecular formula is C38H40N4O4. The zero-order chi connectivity index (χ0) is 32.3. The first kappa shape index (κ1) is 32.2. The number of anilines is 2. The van der Waals surface area contributed by atoms with Crippen molar-refractivity contribution in [1.82, 2.24) is 9.80 Å². The van der Waals surface area contributed by atoms with Crippen LogP contribution in [0, 0.1) is 0 Å². The van der Waals surface area contributed by atoms with Gasteiger partial charge in [-0.2, -0.15) is 0 Å². The first-order chi connectivity index (χ1) is 22.4. The lowest BCUT2D eigenvalue weighted by molar-refractivity contribution is 0.0990. The van der Waals surface area contributed by atoms with Gasteiger partial charge in [0.25, 0.3) is 11.8 Å². The molecule has 5 rings (SSSR count). The number of nitrogens with one attached hydrogen (secondary N) is 1. The van der Waals surface area contributed by atoms with Gasteiger partial charge in [-0.1, -0.05) is 60.7 Å². The minimum Gasteiger partial charge on any atom is -0.491 e. The minimum absolute atomic E-state index is 0.198. The van der Waals surface area contributed by atoms with Gasteiger partial charge in [-0.05, 0) is 79.9 Å². The van der Waals surface area contributed by atoms with Crippen molar-refractivity contribution in [3.8, 4) is 16.9 Å². The highest BCUT2D eigenvalue weighted by molar-refractivity contribution is 6.09. The van der Waals surface area contributed by atoms with Gasteiger partial charge in [-0.15, -0.1) is 0 Å². The zero-order valence-electron chi connectivity index (χ0n) is 26.4. The van der Waals surface area contributed by atoms with Gasteiger partial charge in [0.1, 0.15) is 11.7 Å². The number of hydrogen-bond acceptors (Lipinski definition) is 6. The molecule has 0 bridgehead atoms. The maximum Gasteiger partial charge on any atom is 0.258 e. The van der Waals surface area contributed by atoms with Crippen molar-refractivity contribution < 1.29 is 19.1 Å². The zero-order valence-corrected chi connectivity index (χ0v) is 26.4. The summed E-state index contributed by atoms with van der Waals surface area (Å²) in [6, 6.07) is 31.6. The summed E-state index contributed by atoms with van der Waals surface area (Å²) in [6.07, 6.45) is 2.26. The maximum absolute atomic E-state index is 13.4. The van der Waals surface area contributed by atoms with Crippen LogP contribution < -0.4 is 15.0 Å². The van der Waals surface area contributed by atoms with E-state index in [9.17, 15) is 14.4 Å². The van der Waals surface area contributed by atoms with Gasteiger partial charge in [0.2, 0.25) is 0 Å². The number of rotatable bonds is 12. The van der Waals surface area contributed by atoms with Crippen molar-refractivity contribution in [1.29, 1.82) is 0 Å². The van der Waals surface area contributed by atoms with Gasteiger partial charge in [0.15, 0.2) is 0 Å². The standard InChI is InChI=1S/C38H40N4O4/c1-40-23-25-42(26-24-40)32(28-43)14-10-11-27-46-36-18-9-8-17-35(36)41(2)38(45)30-19-21-31(22-20-30)39-37(44)34-16-7-6-15-33(34)29-12-4-3-5-13-29/h3-9,12-13,15-22H,10-11,14,23-27H2,1-2H3,(H,39,44). The maximum atomic E-state index is 13.4. The molecule has 0 radical (unpaired) electrons. The molecule has 2 amide bonds. The first-order valence-electron chi connectivity index (χ1n) is 15.7. The number of benzene rings is 4. The first-order valence-corrected chi connectivity index (χ1v) is 15.7. The van der Waals surface area contributed by atoms with Crippen molar-refractivity contribution in [3.05, 3.63) is 120 Å². The average Bonchev–Trinajstić information content (AvgIpc) is 3.10. The molecule has 0 aliphatic carbocycles. The van der Waals surface area contributed by atoms with Crippen LogP contribution in [0.3, 0.4) is 0 Å². The number of likely N-dealkylation sites (N-methyl/N-ethyl adjacent to an activating group) is 1. The third-order valence-electron chi connectivity index (χ3n) is 8.25. The van der Waals surface area contributed by atoms with Crippen LogP contribution in [-0.2, 0) is 4.79 Å². The number of allylic oxidation sites excluding steroid dienone is 1. The molecule has 0 atom stereocenters. The Morgan fingerprint density at radius 1 is 0.826 bits per heavy atom. The summed E-state index contributed by atoms with van der Waals surface area (Å²) in [6.45, 7) is 4.07. The van der Waals surface area contributed by atoms with Crippen molar-refractivity contribution in [2.45, 2.75) is 19.3 Å². The summed E-state index contributed by atoms with van der Waals surface area (Å²) in [5.41, 5.74) is 4.86. The van der Waals surface area contributed by atoms with Gasteiger partial charge in [0.05, 0.1) is 18.0 Å². The molecule has 1 heterocycles. The van der Waals surface area contributed by atoms with Crippen LogP contribution >= 0.6 is 0 Å². The molecule has 46 heavy (non-hydrogen) atoms. The van der Waals surface area contributed by atoms with Crippen molar-refractivity contribution >= 4 is 29.1 Å². The Balaban J connectivity index is 1.15. The molecule has 0 unspecified atom stereocenters. The normalized spacial score (nSPS) is 13.0. The molecule has 1 N–H and O–H groups in total. The molecule has 0 saturated carbocycles. The molecule has 4 aromatic carbocycles. The van der Waals surface area contributed by atoms with Crippen molar-refractivity contribution in [3.63, 3.8) is 0 Å².